The maximum atomic E-state index is 12.5. The molecule has 0 amide bonds. The molecule has 2 rings (SSSR count). The van der Waals surface area contributed by atoms with Crippen LogP contribution in [-0.4, -0.2) is 0 Å². The second kappa shape index (κ2) is 5.25. The Morgan fingerprint density at radius 1 is 0.947 bits per heavy atom. The van der Waals surface area contributed by atoms with E-state index < -0.39 is 11.7 Å². The van der Waals surface area contributed by atoms with Crippen LogP contribution in [0.5, 0.6) is 0 Å². The van der Waals surface area contributed by atoms with Gasteiger partial charge in [-0.1, -0.05) is 24.3 Å². The van der Waals surface area contributed by atoms with Gasteiger partial charge in [-0.05, 0) is 47.4 Å². The molecule has 0 aromatic heterocycles. The number of alkyl halides is 4. The number of rotatable bonds is 2. The highest BCUT2D eigenvalue weighted by molar-refractivity contribution is 6.17. The quantitative estimate of drug-likeness (QED) is 0.646. The molecule has 0 aliphatic carbocycles. The summed E-state index contributed by atoms with van der Waals surface area (Å²) in [7, 11) is 0. The molecule has 0 aliphatic rings. The highest BCUT2D eigenvalue weighted by Gasteiger charge is 2.29. The molecule has 0 saturated heterocycles. The van der Waals surface area contributed by atoms with Gasteiger partial charge in [-0.25, -0.2) is 0 Å². The lowest BCUT2D eigenvalue weighted by atomic mass is 9.99. The Bertz CT molecular complexity index is 571. The van der Waals surface area contributed by atoms with Crippen LogP contribution < -0.4 is 0 Å². The molecule has 100 valence electrons. The van der Waals surface area contributed by atoms with E-state index in [0.717, 1.165) is 34.4 Å². The monoisotopic (exact) mass is 284 g/mol. The van der Waals surface area contributed by atoms with Crippen LogP contribution >= 0.6 is 11.6 Å². The van der Waals surface area contributed by atoms with Crippen LogP contribution in [0.2, 0.25) is 0 Å². The summed E-state index contributed by atoms with van der Waals surface area (Å²) in [6.07, 6.45) is -4.30. The van der Waals surface area contributed by atoms with Crippen molar-refractivity contribution in [1.82, 2.24) is 0 Å². The van der Waals surface area contributed by atoms with Crippen molar-refractivity contribution in [2.45, 2.75) is 19.0 Å². The summed E-state index contributed by atoms with van der Waals surface area (Å²) in [6.45, 7) is 1.95. The Morgan fingerprint density at radius 3 is 2.05 bits per heavy atom. The van der Waals surface area contributed by atoms with Crippen LogP contribution in [0.15, 0.2) is 42.5 Å². The number of aryl methyl sites for hydroxylation is 1. The summed E-state index contributed by atoms with van der Waals surface area (Å²) in [4.78, 5) is 0. The van der Waals surface area contributed by atoms with Gasteiger partial charge in [-0.2, -0.15) is 13.2 Å². The van der Waals surface area contributed by atoms with E-state index in [1.165, 1.54) is 12.1 Å². The van der Waals surface area contributed by atoms with Crippen molar-refractivity contribution in [3.63, 3.8) is 0 Å². The molecule has 0 radical (unpaired) electrons. The molecule has 0 atom stereocenters. The molecule has 0 N–H and O–H groups in total. The van der Waals surface area contributed by atoms with Gasteiger partial charge in [0.05, 0.1) is 5.56 Å². The fourth-order valence-electron chi connectivity index (χ4n) is 1.85. The third-order valence-electron chi connectivity index (χ3n) is 3.04. The van der Waals surface area contributed by atoms with Crippen molar-refractivity contribution in [1.29, 1.82) is 0 Å². The topological polar surface area (TPSA) is 0 Å². The summed E-state index contributed by atoms with van der Waals surface area (Å²) in [5, 5.41) is 0. The largest absolute Gasteiger partial charge is 0.416 e. The summed E-state index contributed by atoms with van der Waals surface area (Å²) < 4.78 is 37.4. The van der Waals surface area contributed by atoms with E-state index >= 15 is 0 Å². The SMILES string of the molecule is Cc1ccc(-c2ccc(C(F)(F)F)cc2)cc1CCl. The first-order valence-corrected chi connectivity index (χ1v) is 6.28. The lowest BCUT2D eigenvalue weighted by Gasteiger charge is -2.09. The van der Waals surface area contributed by atoms with E-state index in [1.54, 1.807) is 0 Å². The van der Waals surface area contributed by atoms with Crippen LogP contribution in [0, 0.1) is 6.92 Å². The van der Waals surface area contributed by atoms with Gasteiger partial charge in [0, 0.05) is 5.88 Å². The van der Waals surface area contributed by atoms with E-state index in [1.807, 2.05) is 25.1 Å². The third kappa shape index (κ3) is 3.10. The predicted octanol–water partition coefficient (Wildman–Crippen LogP) is 5.42. The molecule has 0 fully saturated rings. The second-order valence-electron chi connectivity index (χ2n) is 4.35. The number of halogens is 4. The van der Waals surface area contributed by atoms with E-state index in [4.69, 9.17) is 11.6 Å². The van der Waals surface area contributed by atoms with E-state index in [0.29, 0.717) is 5.88 Å². The number of hydrogen-bond donors (Lipinski definition) is 0. The molecule has 0 bridgehead atoms. The zero-order chi connectivity index (χ0) is 14.0. The minimum atomic E-state index is -4.30. The van der Waals surface area contributed by atoms with Gasteiger partial charge in [0.15, 0.2) is 0 Å². The van der Waals surface area contributed by atoms with Crippen molar-refractivity contribution < 1.29 is 13.2 Å². The number of benzene rings is 2. The summed E-state index contributed by atoms with van der Waals surface area (Å²) in [5.74, 6) is 0.389. The molecular formula is C15H12ClF3. The summed E-state index contributed by atoms with van der Waals surface area (Å²) in [6, 6.07) is 10.9. The van der Waals surface area contributed by atoms with Crippen LogP contribution in [-0.2, 0) is 12.1 Å². The highest BCUT2D eigenvalue weighted by atomic mass is 35.5. The lowest BCUT2D eigenvalue weighted by molar-refractivity contribution is -0.137. The van der Waals surface area contributed by atoms with E-state index in [2.05, 4.69) is 0 Å². The van der Waals surface area contributed by atoms with Gasteiger partial charge >= 0.3 is 6.18 Å². The molecule has 2 aromatic rings. The van der Waals surface area contributed by atoms with Crippen molar-refractivity contribution in [3.8, 4) is 11.1 Å². The Balaban J connectivity index is 2.37. The zero-order valence-electron chi connectivity index (χ0n) is 10.3. The van der Waals surface area contributed by atoms with Gasteiger partial charge in [0.1, 0.15) is 0 Å². The molecule has 0 spiro atoms. The molecule has 0 heterocycles. The summed E-state index contributed by atoms with van der Waals surface area (Å²) in [5.41, 5.74) is 3.04. The fourth-order valence-corrected chi connectivity index (χ4v) is 2.13. The van der Waals surface area contributed by atoms with Crippen LogP contribution in [0.25, 0.3) is 11.1 Å². The minimum absolute atomic E-state index is 0.389. The van der Waals surface area contributed by atoms with Crippen LogP contribution in [0.1, 0.15) is 16.7 Å². The molecule has 0 aliphatic heterocycles. The summed E-state index contributed by atoms with van der Waals surface area (Å²) >= 11 is 5.83. The maximum Gasteiger partial charge on any atom is 0.416 e. The Labute approximate surface area is 114 Å². The van der Waals surface area contributed by atoms with Crippen molar-refractivity contribution in [2.24, 2.45) is 0 Å². The zero-order valence-corrected chi connectivity index (χ0v) is 11.0. The van der Waals surface area contributed by atoms with E-state index in [9.17, 15) is 13.2 Å². The molecular weight excluding hydrogens is 273 g/mol. The fraction of sp³-hybridized carbons (Fsp3) is 0.200. The second-order valence-corrected chi connectivity index (χ2v) is 4.62. The van der Waals surface area contributed by atoms with Gasteiger partial charge < -0.3 is 0 Å². The van der Waals surface area contributed by atoms with E-state index in [-0.39, 0.29) is 0 Å². The highest BCUT2D eigenvalue weighted by Crippen LogP contribution is 2.31. The Hall–Kier alpha value is -1.48. The molecule has 0 unspecified atom stereocenters. The van der Waals surface area contributed by atoms with Crippen LogP contribution in [0.4, 0.5) is 13.2 Å². The van der Waals surface area contributed by atoms with Gasteiger partial charge in [0.2, 0.25) is 0 Å². The Kier molecular flexibility index (Phi) is 3.85. The Morgan fingerprint density at radius 2 is 1.53 bits per heavy atom. The van der Waals surface area contributed by atoms with Gasteiger partial charge in [-0.15, -0.1) is 11.6 Å². The smallest absolute Gasteiger partial charge is 0.166 e. The minimum Gasteiger partial charge on any atom is -0.166 e. The average Bonchev–Trinajstić information content (AvgIpc) is 2.38. The van der Waals surface area contributed by atoms with Gasteiger partial charge in [-0.3, -0.25) is 0 Å². The third-order valence-corrected chi connectivity index (χ3v) is 3.33. The first kappa shape index (κ1) is 13.9. The molecule has 19 heavy (non-hydrogen) atoms. The first-order valence-electron chi connectivity index (χ1n) is 5.75. The standard InChI is InChI=1S/C15H12ClF3/c1-10-2-3-12(8-13(10)9-16)11-4-6-14(7-5-11)15(17,18)19/h2-8H,9H2,1H3. The maximum absolute atomic E-state index is 12.5. The molecule has 0 nitrogen and oxygen atoms in total. The predicted molar refractivity (Wildman–Crippen MR) is 71.2 cm³/mol. The van der Waals surface area contributed by atoms with Crippen molar-refractivity contribution in [2.75, 3.05) is 0 Å². The average molecular weight is 285 g/mol. The lowest BCUT2D eigenvalue weighted by Crippen LogP contribution is -2.04. The molecule has 0 saturated carbocycles. The first-order chi connectivity index (χ1) is 8.91. The normalized spacial score (nSPS) is 11.6. The molecule has 4 heteroatoms. The van der Waals surface area contributed by atoms with Crippen LogP contribution in [0.3, 0.4) is 0 Å². The van der Waals surface area contributed by atoms with Crippen molar-refractivity contribution in [3.05, 3.63) is 59.2 Å². The van der Waals surface area contributed by atoms with Gasteiger partial charge in [0.25, 0.3) is 0 Å². The van der Waals surface area contributed by atoms with Crippen molar-refractivity contribution >= 4 is 11.6 Å². The number of hydrogen-bond acceptors (Lipinski definition) is 0. The molecule has 2 aromatic carbocycles.